The van der Waals surface area contributed by atoms with E-state index in [9.17, 15) is 0 Å². The van der Waals surface area contributed by atoms with Gasteiger partial charge in [0.15, 0.2) is 11.5 Å². The summed E-state index contributed by atoms with van der Waals surface area (Å²) in [6.45, 7) is 1.98. The zero-order valence-electron chi connectivity index (χ0n) is 13.4. The molecule has 0 atom stereocenters. The van der Waals surface area contributed by atoms with Crippen molar-refractivity contribution in [2.45, 2.75) is 6.92 Å². The number of nitrogens with zero attached hydrogens (tertiary/aromatic N) is 1. The number of benzene rings is 2. The van der Waals surface area contributed by atoms with E-state index in [-0.39, 0.29) is 0 Å². The molecule has 0 bridgehead atoms. The average molecular weight is 309 g/mol. The zero-order valence-corrected chi connectivity index (χ0v) is 13.4. The number of methoxy groups -OCH3 is 2. The van der Waals surface area contributed by atoms with Gasteiger partial charge in [-0.3, -0.25) is 0 Å². The molecule has 0 saturated carbocycles. The molecule has 1 heterocycles. The number of anilines is 1. The number of hydrogen-bond acceptors (Lipinski definition) is 5. The van der Waals surface area contributed by atoms with Gasteiger partial charge in [0.2, 0.25) is 0 Å². The maximum atomic E-state index is 6.26. The van der Waals surface area contributed by atoms with Gasteiger partial charge in [0, 0.05) is 11.3 Å². The van der Waals surface area contributed by atoms with Gasteiger partial charge in [-0.25, -0.2) is 4.99 Å². The lowest BCUT2D eigenvalue weighted by atomic mass is 10.0. The number of aliphatic imine (C=N–C) groups is 1. The van der Waals surface area contributed by atoms with E-state index in [4.69, 9.17) is 15.2 Å². The highest BCUT2D eigenvalue weighted by Gasteiger charge is 2.18. The molecule has 0 radical (unpaired) electrons. The number of nitrogens with two attached hydrogens (primary N) is 1. The Bertz CT molecular complexity index is 810. The Morgan fingerprint density at radius 2 is 1.74 bits per heavy atom. The molecule has 1 aliphatic heterocycles. The molecule has 3 rings (SSSR count). The quantitative estimate of drug-likeness (QED) is 0.909. The van der Waals surface area contributed by atoms with Crippen LogP contribution in [-0.4, -0.2) is 20.1 Å². The van der Waals surface area contributed by atoms with Crippen molar-refractivity contribution in [3.8, 4) is 11.5 Å². The van der Waals surface area contributed by atoms with Gasteiger partial charge in [-0.2, -0.15) is 0 Å². The van der Waals surface area contributed by atoms with Gasteiger partial charge in [-0.15, -0.1) is 0 Å². The van der Waals surface area contributed by atoms with Gasteiger partial charge in [0.1, 0.15) is 5.84 Å². The van der Waals surface area contributed by atoms with Gasteiger partial charge < -0.3 is 20.5 Å². The van der Waals surface area contributed by atoms with Crippen LogP contribution >= 0.6 is 0 Å². The number of nitrogens with one attached hydrogen (secondary N) is 1. The molecule has 2 aromatic carbocycles. The Kier molecular flexibility index (Phi) is 3.93. The van der Waals surface area contributed by atoms with Crippen molar-refractivity contribution >= 4 is 22.8 Å². The third-order valence-corrected chi connectivity index (χ3v) is 3.77. The van der Waals surface area contributed by atoms with Crippen molar-refractivity contribution < 1.29 is 9.47 Å². The van der Waals surface area contributed by atoms with Crippen LogP contribution in [0.1, 0.15) is 12.5 Å². The van der Waals surface area contributed by atoms with E-state index < -0.39 is 0 Å². The summed E-state index contributed by atoms with van der Waals surface area (Å²) < 4.78 is 10.7. The molecule has 0 aromatic heterocycles. The van der Waals surface area contributed by atoms with Crippen LogP contribution in [0.3, 0.4) is 0 Å². The Labute approximate surface area is 135 Å². The second-order valence-electron chi connectivity index (χ2n) is 5.21. The third kappa shape index (κ3) is 2.73. The van der Waals surface area contributed by atoms with Crippen molar-refractivity contribution in [2.75, 3.05) is 19.5 Å². The van der Waals surface area contributed by atoms with Crippen molar-refractivity contribution in [3.63, 3.8) is 0 Å². The third-order valence-electron chi connectivity index (χ3n) is 3.77. The summed E-state index contributed by atoms with van der Waals surface area (Å²) >= 11 is 0. The topological polar surface area (TPSA) is 68.9 Å². The van der Waals surface area contributed by atoms with Gasteiger partial charge >= 0.3 is 0 Å². The van der Waals surface area contributed by atoms with E-state index in [1.807, 2.05) is 49.4 Å². The van der Waals surface area contributed by atoms with Crippen molar-refractivity contribution in [1.29, 1.82) is 0 Å². The highest BCUT2D eigenvalue weighted by atomic mass is 16.5. The second-order valence-corrected chi connectivity index (χ2v) is 5.21. The monoisotopic (exact) mass is 309 g/mol. The molecule has 0 aliphatic carbocycles. The lowest BCUT2D eigenvalue weighted by molar-refractivity contribution is 0.355. The molecular weight excluding hydrogens is 290 g/mol. The summed E-state index contributed by atoms with van der Waals surface area (Å²) in [6.07, 6.45) is 0. The highest BCUT2D eigenvalue weighted by molar-refractivity contribution is 6.24. The van der Waals surface area contributed by atoms with Crippen LogP contribution in [0.2, 0.25) is 0 Å². The van der Waals surface area contributed by atoms with Gasteiger partial charge in [0.05, 0.1) is 25.6 Å². The molecule has 1 aliphatic rings. The molecule has 0 spiro atoms. The molecule has 0 unspecified atom stereocenters. The minimum atomic E-state index is 0.465. The summed E-state index contributed by atoms with van der Waals surface area (Å²) in [5.74, 6) is 1.79. The molecular formula is C18H19N3O2. The van der Waals surface area contributed by atoms with E-state index in [1.54, 1.807) is 14.2 Å². The van der Waals surface area contributed by atoms with E-state index in [0.717, 1.165) is 28.2 Å². The van der Waals surface area contributed by atoms with Crippen LogP contribution in [0.15, 0.2) is 53.2 Å². The molecule has 118 valence electrons. The van der Waals surface area contributed by atoms with Gasteiger partial charge in [0.25, 0.3) is 0 Å². The van der Waals surface area contributed by atoms with Crippen LogP contribution in [0.25, 0.3) is 5.57 Å². The molecule has 0 saturated heterocycles. The summed E-state index contributed by atoms with van der Waals surface area (Å²) in [5.41, 5.74) is 10.7. The van der Waals surface area contributed by atoms with E-state index in [2.05, 4.69) is 10.3 Å². The summed E-state index contributed by atoms with van der Waals surface area (Å²) in [7, 11) is 3.23. The lowest BCUT2D eigenvalue weighted by Crippen LogP contribution is -2.15. The van der Waals surface area contributed by atoms with Crippen LogP contribution in [-0.2, 0) is 0 Å². The van der Waals surface area contributed by atoms with Crippen molar-refractivity contribution in [2.24, 2.45) is 10.7 Å². The summed E-state index contributed by atoms with van der Waals surface area (Å²) in [4.78, 5) is 4.55. The average Bonchev–Trinajstić information content (AvgIpc) is 2.68. The first-order valence-electron chi connectivity index (χ1n) is 7.28. The largest absolute Gasteiger partial charge is 0.493 e. The van der Waals surface area contributed by atoms with Crippen LogP contribution in [0.4, 0.5) is 11.4 Å². The maximum absolute atomic E-state index is 6.26. The Morgan fingerprint density at radius 3 is 2.48 bits per heavy atom. The summed E-state index contributed by atoms with van der Waals surface area (Å²) in [5, 5.41) is 3.38. The smallest absolute Gasteiger partial charge is 0.161 e. The molecule has 0 fully saturated rings. The number of amidine groups is 1. The Hall–Kier alpha value is -2.95. The molecule has 0 amide bonds. The van der Waals surface area contributed by atoms with E-state index >= 15 is 0 Å². The normalized spacial score (nSPS) is 13.6. The first-order chi connectivity index (χ1) is 11.1. The number of ether oxygens (including phenoxy) is 2. The number of hydrogen-bond donors (Lipinski definition) is 2. The maximum Gasteiger partial charge on any atom is 0.161 e. The Morgan fingerprint density at radius 1 is 1.00 bits per heavy atom. The molecule has 5 heteroatoms. The zero-order chi connectivity index (χ0) is 16.4. The number of allylic oxidation sites excluding steroid dienone is 1. The van der Waals surface area contributed by atoms with Gasteiger partial charge in [-0.05, 0) is 36.8 Å². The second kappa shape index (κ2) is 6.04. The molecule has 5 nitrogen and oxygen atoms in total. The van der Waals surface area contributed by atoms with Crippen LogP contribution in [0.5, 0.6) is 11.5 Å². The van der Waals surface area contributed by atoms with E-state index in [1.165, 1.54) is 0 Å². The number of para-hydroxylation sites is 2. The van der Waals surface area contributed by atoms with E-state index in [0.29, 0.717) is 17.3 Å². The summed E-state index contributed by atoms with van der Waals surface area (Å²) in [6, 6.07) is 13.5. The standard InChI is InChI=1S/C18H19N3O2/c1-11-17(12-8-9-15(22-2)16(10-12)23-3)18(19)21-14-7-5-4-6-13(14)20-11/h4-10,20H,1-3H3,(H2,19,21). The molecule has 3 N–H and O–H groups in total. The van der Waals surface area contributed by atoms with Crippen LogP contribution < -0.4 is 20.5 Å². The minimum Gasteiger partial charge on any atom is -0.493 e. The van der Waals surface area contributed by atoms with Crippen molar-refractivity contribution in [3.05, 3.63) is 53.7 Å². The SMILES string of the molecule is COc1ccc(C2=C(C)Nc3ccccc3N=C2N)cc1OC. The first kappa shape index (κ1) is 15.0. The fraction of sp³-hybridized carbons (Fsp3) is 0.167. The molecule has 2 aromatic rings. The minimum absolute atomic E-state index is 0.465. The number of rotatable bonds is 3. The van der Waals surface area contributed by atoms with Crippen LogP contribution in [0, 0.1) is 0 Å². The predicted octanol–water partition coefficient (Wildman–Crippen LogP) is 3.55. The Balaban J connectivity index is 2.12. The fourth-order valence-corrected chi connectivity index (χ4v) is 2.68. The van der Waals surface area contributed by atoms with Crippen molar-refractivity contribution in [1.82, 2.24) is 0 Å². The predicted molar refractivity (Wildman–Crippen MR) is 93.5 cm³/mol. The van der Waals surface area contributed by atoms with Gasteiger partial charge in [-0.1, -0.05) is 18.2 Å². The first-order valence-corrected chi connectivity index (χ1v) is 7.28. The fourth-order valence-electron chi connectivity index (χ4n) is 2.68. The molecule has 23 heavy (non-hydrogen) atoms. The lowest BCUT2D eigenvalue weighted by Gasteiger charge is -2.14. The number of fused-ring (bicyclic) bond motifs is 1. The highest BCUT2D eigenvalue weighted by Crippen LogP contribution is 2.35.